The predicted octanol–water partition coefficient (Wildman–Crippen LogP) is 3.83. The molecule has 0 saturated carbocycles. The predicted molar refractivity (Wildman–Crippen MR) is 104 cm³/mol. The standard InChI is InChI=1S/C22H38N2O/c1-23(14-8-4-9-15-23)18-22(19-24(2)16-10-5-11-17-24)25-20-21-12-6-3-7-13-21/h3,6-7,12-13,22H,4-5,8-11,14-20H2,1-2H3/q+2. The second-order valence-corrected chi connectivity index (χ2v) is 9.04. The van der Waals surface area contributed by atoms with E-state index in [2.05, 4.69) is 44.4 Å². The van der Waals surface area contributed by atoms with Gasteiger partial charge in [-0.2, -0.15) is 0 Å². The van der Waals surface area contributed by atoms with E-state index in [0.29, 0.717) is 6.10 Å². The molecule has 3 heteroatoms. The summed E-state index contributed by atoms with van der Waals surface area (Å²) in [5.74, 6) is 0. The van der Waals surface area contributed by atoms with Crippen molar-refractivity contribution in [2.45, 2.75) is 51.2 Å². The highest BCUT2D eigenvalue weighted by atomic mass is 16.5. The minimum Gasteiger partial charge on any atom is -0.362 e. The minimum absolute atomic E-state index is 0.367. The van der Waals surface area contributed by atoms with Crippen molar-refractivity contribution >= 4 is 0 Å². The Bertz CT molecular complexity index is 478. The van der Waals surface area contributed by atoms with Crippen LogP contribution < -0.4 is 0 Å². The zero-order valence-corrected chi connectivity index (χ0v) is 16.5. The summed E-state index contributed by atoms with van der Waals surface area (Å²) in [6.45, 7) is 8.43. The zero-order chi connectivity index (χ0) is 17.6. The van der Waals surface area contributed by atoms with Gasteiger partial charge in [0.15, 0.2) is 6.10 Å². The van der Waals surface area contributed by atoms with Crippen LogP contribution in [-0.2, 0) is 11.3 Å². The molecule has 0 aliphatic carbocycles. The van der Waals surface area contributed by atoms with E-state index in [9.17, 15) is 0 Å². The fourth-order valence-electron chi connectivity index (χ4n) is 4.85. The number of hydrogen-bond acceptors (Lipinski definition) is 1. The summed E-state index contributed by atoms with van der Waals surface area (Å²) in [5.41, 5.74) is 1.30. The smallest absolute Gasteiger partial charge is 0.155 e. The third-order valence-electron chi connectivity index (χ3n) is 6.41. The normalized spacial score (nSPS) is 22.8. The maximum absolute atomic E-state index is 6.53. The van der Waals surface area contributed by atoms with Crippen LogP contribution in [0.1, 0.15) is 44.1 Å². The average molecular weight is 347 g/mol. The Hall–Kier alpha value is -0.900. The molecule has 25 heavy (non-hydrogen) atoms. The first kappa shape index (κ1) is 18.9. The van der Waals surface area contributed by atoms with Gasteiger partial charge in [0.1, 0.15) is 13.1 Å². The number of likely N-dealkylation sites (tertiary alicyclic amines) is 2. The summed E-state index contributed by atoms with van der Waals surface area (Å²) < 4.78 is 8.95. The van der Waals surface area contributed by atoms with E-state index in [1.54, 1.807) is 0 Å². The fraction of sp³-hybridized carbons (Fsp3) is 0.727. The van der Waals surface area contributed by atoms with Crippen LogP contribution in [0.15, 0.2) is 30.3 Å². The molecular formula is C22H38N2O+2. The van der Waals surface area contributed by atoms with Crippen molar-refractivity contribution in [2.75, 3.05) is 53.4 Å². The molecule has 140 valence electrons. The molecule has 1 aromatic rings. The number of nitrogens with zero attached hydrogens (tertiary/aromatic N) is 2. The monoisotopic (exact) mass is 346 g/mol. The molecule has 0 atom stereocenters. The molecule has 0 amide bonds. The zero-order valence-electron chi connectivity index (χ0n) is 16.5. The molecule has 0 bridgehead atoms. The summed E-state index contributed by atoms with van der Waals surface area (Å²) in [4.78, 5) is 0. The summed E-state index contributed by atoms with van der Waals surface area (Å²) in [6.07, 6.45) is 8.73. The summed E-state index contributed by atoms with van der Waals surface area (Å²) >= 11 is 0. The first-order valence-electron chi connectivity index (χ1n) is 10.4. The van der Waals surface area contributed by atoms with Crippen LogP contribution in [-0.4, -0.2) is 68.4 Å². The van der Waals surface area contributed by atoms with Crippen molar-refractivity contribution in [3.63, 3.8) is 0 Å². The van der Waals surface area contributed by atoms with Crippen molar-refractivity contribution in [1.82, 2.24) is 0 Å². The van der Waals surface area contributed by atoms with Gasteiger partial charge < -0.3 is 13.7 Å². The van der Waals surface area contributed by atoms with Crippen LogP contribution in [0.5, 0.6) is 0 Å². The third kappa shape index (κ3) is 5.80. The van der Waals surface area contributed by atoms with Crippen molar-refractivity contribution in [3.05, 3.63) is 35.9 Å². The molecule has 0 radical (unpaired) electrons. The molecule has 2 aliphatic heterocycles. The molecule has 2 fully saturated rings. The Morgan fingerprint density at radius 1 is 0.760 bits per heavy atom. The quantitative estimate of drug-likeness (QED) is 0.682. The number of quaternary nitrogens is 2. The number of rotatable bonds is 7. The second-order valence-electron chi connectivity index (χ2n) is 9.04. The van der Waals surface area contributed by atoms with E-state index >= 15 is 0 Å². The van der Waals surface area contributed by atoms with Gasteiger partial charge in [0.25, 0.3) is 0 Å². The van der Waals surface area contributed by atoms with Crippen LogP contribution >= 0.6 is 0 Å². The highest BCUT2D eigenvalue weighted by Crippen LogP contribution is 2.22. The van der Waals surface area contributed by atoms with Gasteiger partial charge in [0.2, 0.25) is 0 Å². The molecule has 2 heterocycles. The van der Waals surface area contributed by atoms with E-state index in [1.807, 2.05) is 0 Å². The second kappa shape index (κ2) is 8.66. The number of piperidine rings is 2. The SMILES string of the molecule is C[N+]1(CC(C[N+]2(C)CCCCC2)OCc2ccccc2)CCCCC1. The van der Waals surface area contributed by atoms with Gasteiger partial charge in [-0.05, 0) is 44.1 Å². The molecule has 1 aromatic carbocycles. The van der Waals surface area contributed by atoms with E-state index in [4.69, 9.17) is 4.74 Å². The Balaban J connectivity index is 1.63. The van der Waals surface area contributed by atoms with Gasteiger partial charge in [0.05, 0.1) is 46.9 Å². The maximum Gasteiger partial charge on any atom is 0.155 e. The van der Waals surface area contributed by atoms with E-state index in [1.165, 1.54) is 92.3 Å². The van der Waals surface area contributed by atoms with E-state index in [0.717, 1.165) is 6.61 Å². The van der Waals surface area contributed by atoms with E-state index in [-0.39, 0.29) is 0 Å². The van der Waals surface area contributed by atoms with Gasteiger partial charge in [0, 0.05) is 0 Å². The minimum atomic E-state index is 0.367. The van der Waals surface area contributed by atoms with Gasteiger partial charge in [-0.15, -0.1) is 0 Å². The molecule has 0 aromatic heterocycles. The Morgan fingerprint density at radius 3 is 1.72 bits per heavy atom. The number of benzene rings is 1. The molecule has 0 unspecified atom stereocenters. The molecule has 3 nitrogen and oxygen atoms in total. The van der Waals surface area contributed by atoms with Crippen molar-refractivity contribution < 1.29 is 13.7 Å². The molecule has 0 spiro atoms. The van der Waals surface area contributed by atoms with E-state index < -0.39 is 0 Å². The fourth-order valence-corrected chi connectivity index (χ4v) is 4.85. The topological polar surface area (TPSA) is 9.23 Å². The van der Waals surface area contributed by atoms with Crippen molar-refractivity contribution in [3.8, 4) is 0 Å². The van der Waals surface area contributed by atoms with Gasteiger partial charge >= 0.3 is 0 Å². The van der Waals surface area contributed by atoms with Crippen LogP contribution in [0.25, 0.3) is 0 Å². The first-order chi connectivity index (χ1) is 12.1. The highest BCUT2D eigenvalue weighted by Gasteiger charge is 2.35. The molecule has 3 rings (SSSR count). The highest BCUT2D eigenvalue weighted by molar-refractivity contribution is 5.13. The number of ether oxygens (including phenoxy) is 1. The lowest BCUT2D eigenvalue weighted by atomic mass is 10.1. The Labute approximate surface area is 154 Å². The Kier molecular flexibility index (Phi) is 6.54. The first-order valence-corrected chi connectivity index (χ1v) is 10.4. The summed E-state index contributed by atoms with van der Waals surface area (Å²) in [7, 11) is 4.91. The lowest BCUT2D eigenvalue weighted by Crippen LogP contribution is -2.58. The lowest BCUT2D eigenvalue weighted by Gasteiger charge is -2.44. The van der Waals surface area contributed by atoms with Gasteiger partial charge in [-0.3, -0.25) is 0 Å². The number of likely N-dealkylation sites (N-methyl/N-ethyl adjacent to an activating group) is 2. The van der Waals surface area contributed by atoms with Gasteiger partial charge in [-0.1, -0.05) is 30.3 Å². The van der Waals surface area contributed by atoms with Crippen molar-refractivity contribution in [2.24, 2.45) is 0 Å². The molecule has 2 aliphatic rings. The number of hydrogen-bond donors (Lipinski definition) is 0. The van der Waals surface area contributed by atoms with Crippen LogP contribution in [0.3, 0.4) is 0 Å². The lowest BCUT2D eigenvalue weighted by molar-refractivity contribution is -0.937. The van der Waals surface area contributed by atoms with Crippen LogP contribution in [0.2, 0.25) is 0 Å². The average Bonchev–Trinajstić information content (AvgIpc) is 2.61. The maximum atomic E-state index is 6.53. The van der Waals surface area contributed by atoms with Crippen LogP contribution in [0.4, 0.5) is 0 Å². The molecular weight excluding hydrogens is 308 g/mol. The van der Waals surface area contributed by atoms with Gasteiger partial charge in [-0.25, -0.2) is 0 Å². The summed E-state index contributed by atoms with van der Waals surface area (Å²) in [5, 5.41) is 0. The molecule has 0 N–H and O–H groups in total. The van der Waals surface area contributed by atoms with Crippen LogP contribution in [0, 0.1) is 0 Å². The Morgan fingerprint density at radius 2 is 1.24 bits per heavy atom. The molecule has 2 saturated heterocycles. The third-order valence-corrected chi connectivity index (χ3v) is 6.41. The summed E-state index contributed by atoms with van der Waals surface area (Å²) in [6, 6.07) is 10.7. The largest absolute Gasteiger partial charge is 0.362 e. The van der Waals surface area contributed by atoms with Crippen molar-refractivity contribution in [1.29, 1.82) is 0 Å².